The van der Waals surface area contributed by atoms with E-state index in [1.54, 1.807) is 6.08 Å². The van der Waals surface area contributed by atoms with Crippen molar-refractivity contribution in [3.63, 3.8) is 0 Å². The zero-order chi connectivity index (χ0) is 13.8. The van der Waals surface area contributed by atoms with Gasteiger partial charge in [-0.2, -0.15) is 0 Å². The molecule has 18 heavy (non-hydrogen) atoms. The summed E-state index contributed by atoms with van der Waals surface area (Å²) in [6, 6.07) is 0.00504. The van der Waals surface area contributed by atoms with Gasteiger partial charge in [0.25, 0.3) is 0 Å². The summed E-state index contributed by atoms with van der Waals surface area (Å²) in [7, 11) is 0. The molecular weight excluding hydrogens is 244 g/mol. The highest BCUT2D eigenvalue weighted by molar-refractivity contribution is 7.78. The molecule has 0 aliphatic carbocycles. The zero-order valence-corrected chi connectivity index (χ0v) is 12.8. The lowest BCUT2D eigenvalue weighted by Crippen LogP contribution is -2.39. The summed E-state index contributed by atoms with van der Waals surface area (Å²) in [6.07, 6.45) is 8.46. The summed E-state index contributed by atoms with van der Waals surface area (Å²) in [6.45, 7) is 10.1. The van der Waals surface area contributed by atoms with Crippen LogP contribution in [0.25, 0.3) is 0 Å². The van der Waals surface area contributed by atoms with Gasteiger partial charge in [-0.15, -0.1) is 6.58 Å². The molecule has 0 atom stereocenters. The van der Waals surface area contributed by atoms with Crippen LogP contribution in [0.5, 0.6) is 0 Å². The van der Waals surface area contributed by atoms with Crippen LogP contribution in [0.2, 0.25) is 0 Å². The van der Waals surface area contributed by atoms with Gasteiger partial charge in [0.2, 0.25) is 0 Å². The van der Waals surface area contributed by atoms with Gasteiger partial charge in [0.1, 0.15) is 0 Å². The molecular formula is C14H28N2OS. The minimum Gasteiger partial charge on any atom is -0.320 e. The molecule has 0 aromatic rings. The number of hydrogen-bond donors (Lipinski definition) is 1. The van der Waals surface area contributed by atoms with Crippen molar-refractivity contribution in [1.82, 2.24) is 9.21 Å². The first-order chi connectivity index (χ1) is 8.67. The fourth-order valence-electron chi connectivity index (χ4n) is 1.74. The first kappa shape index (κ1) is 17.4. The van der Waals surface area contributed by atoms with E-state index in [-0.39, 0.29) is 6.03 Å². The summed E-state index contributed by atoms with van der Waals surface area (Å²) >= 11 is 4.28. The van der Waals surface area contributed by atoms with Crippen molar-refractivity contribution in [2.45, 2.75) is 52.4 Å². The van der Waals surface area contributed by atoms with Crippen LogP contribution < -0.4 is 0 Å². The molecule has 0 aromatic carbocycles. The Labute approximate surface area is 118 Å². The SMILES string of the molecule is C=CCN(CCCCC)C(=O)N(S)CCCCC. The van der Waals surface area contributed by atoms with Gasteiger partial charge in [0, 0.05) is 19.6 Å². The summed E-state index contributed by atoms with van der Waals surface area (Å²) < 4.78 is 1.53. The predicted octanol–water partition coefficient (Wildman–Crippen LogP) is 4.12. The Bertz CT molecular complexity index is 234. The molecule has 0 aliphatic rings. The molecule has 0 aliphatic heterocycles. The maximum absolute atomic E-state index is 12.1. The average molecular weight is 272 g/mol. The number of rotatable bonds is 10. The topological polar surface area (TPSA) is 23.6 Å². The van der Waals surface area contributed by atoms with E-state index in [0.717, 1.165) is 51.6 Å². The van der Waals surface area contributed by atoms with Gasteiger partial charge in [0.05, 0.1) is 0 Å². The molecule has 0 unspecified atom stereocenters. The number of unbranched alkanes of at least 4 members (excludes halogenated alkanes) is 4. The molecule has 3 nitrogen and oxygen atoms in total. The maximum Gasteiger partial charge on any atom is 0.330 e. The van der Waals surface area contributed by atoms with Gasteiger partial charge in [0.15, 0.2) is 0 Å². The largest absolute Gasteiger partial charge is 0.330 e. The van der Waals surface area contributed by atoms with E-state index < -0.39 is 0 Å². The van der Waals surface area contributed by atoms with Gasteiger partial charge >= 0.3 is 6.03 Å². The molecule has 0 radical (unpaired) electrons. The third kappa shape index (κ3) is 7.64. The summed E-state index contributed by atoms with van der Waals surface area (Å²) in [5.74, 6) is 0. The molecule has 0 saturated heterocycles. The van der Waals surface area contributed by atoms with Crippen molar-refractivity contribution in [3.8, 4) is 0 Å². The second kappa shape index (κ2) is 11.5. The van der Waals surface area contributed by atoms with E-state index in [1.165, 1.54) is 4.31 Å². The van der Waals surface area contributed by atoms with Crippen LogP contribution in [-0.2, 0) is 0 Å². The highest BCUT2D eigenvalue weighted by atomic mass is 32.1. The molecule has 4 heteroatoms. The Balaban J connectivity index is 4.13. The van der Waals surface area contributed by atoms with Gasteiger partial charge in [-0.1, -0.05) is 58.4 Å². The highest BCUT2D eigenvalue weighted by Crippen LogP contribution is 2.08. The van der Waals surface area contributed by atoms with E-state index in [4.69, 9.17) is 0 Å². The fourth-order valence-corrected chi connectivity index (χ4v) is 2.01. The zero-order valence-electron chi connectivity index (χ0n) is 11.9. The first-order valence-corrected chi connectivity index (χ1v) is 7.43. The van der Waals surface area contributed by atoms with Crippen molar-refractivity contribution in [2.24, 2.45) is 0 Å². The lowest BCUT2D eigenvalue weighted by molar-refractivity contribution is 0.185. The molecule has 2 amide bonds. The molecule has 0 saturated carbocycles. The number of nitrogens with zero attached hydrogens (tertiary/aromatic N) is 2. The van der Waals surface area contributed by atoms with Crippen LogP contribution in [0.1, 0.15) is 52.4 Å². The van der Waals surface area contributed by atoms with Gasteiger partial charge in [-0.3, -0.25) is 4.31 Å². The summed E-state index contributed by atoms with van der Waals surface area (Å²) in [5.41, 5.74) is 0. The van der Waals surface area contributed by atoms with Crippen LogP contribution in [0, 0.1) is 0 Å². The third-order valence-corrected chi connectivity index (χ3v) is 3.22. The number of carbonyl (C=O) groups excluding carboxylic acids is 1. The molecule has 0 aromatic heterocycles. The number of thiol groups is 1. The second-order valence-corrected chi connectivity index (χ2v) is 5.04. The van der Waals surface area contributed by atoms with E-state index in [0.29, 0.717) is 6.54 Å². The summed E-state index contributed by atoms with van der Waals surface area (Å²) in [5, 5.41) is 0. The Morgan fingerprint density at radius 1 is 1.11 bits per heavy atom. The third-order valence-electron chi connectivity index (χ3n) is 2.85. The maximum atomic E-state index is 12.1. The second-order valence-electron chi connectivity index (χ2n) is 4.55. The van der Waals surface area contributed by atoms with Crippen molar-refractivity contribution in [3.05, 3.63) is 12.7 Å². The standard InChI is InChI=1S/C14H28N2OS/c1-4-7-9-12-15(11-6-3)14(17)16(18)13-10-8-5-2/h6,18H,3-5,7-13H2,1-2H3. The molecule has 0 rings (SSSR count). The van der Waals surface area contributed by atoms with Gasteiger partial charge < -0.3 is 4.90 Å². The van der Waals surface area contributed by atoms with Gasteiger partial charge in [-0.05, 0) is 12.8 Å². The molecule has 0 spiro atoms. The Morgan fingerprint density at radius 3 is 2.17 bits per heavy atom. The van der Waals surface area contributed by atoms with Crippen LogP contribution in [0.3, 0.4) is 0 Å². The number of carbonyl (C=O) groups is 1. The Kier molecular flexibility index (Phi) is 11.0. The van der Waals surface area contributed by atoms with Gasteiger partial charge in [-0.25, -0.2) is 4.79 Å². The smallest absolute Gasteiger partial charge is 0.320 e. The lowest BCUT2D eigenvalue weighted by atomic mass is 10.2. The van der Waals surface area contributed by atoms with Crippen LogP contribution >= 0.6 is 12.8 Å². The Morgan fingerprint density at radius 2 is 1.67 bits per heavy atom. The van der Waals surface area contributed by atoms with E-state index in [1.807, 2.05) is 4.90 Å². The molecule has 106 valence electrons. The van der Waals surface area contributed by atoms with E-state index >= 15 is 0 Å². The highest BCUT2D eigenvalue weighted by Gasteiger charge is 2.16. The van der Waals surface area contributed by atoms with E-state index in [2.05, 4.69) is 33.2 Å². The fraction of sp³-hybridized carbons (Fsp3) is 0.786. The average Bonchev–Trinajstić information content (AvgIpc) is 2.37. The lowest BCUT2D eigenvalue weighted by Gasteiger charge is -2.26. The molecule has 0 fully saturated rings. The number of amides is 2. The van der Waals surface area contributed by atoms with Crippen molar-refractivity contribution >= 4 is 18.8 Å². The van der Waals surface area contributed by atoms with Crippen molar-refractivity contribution in [2.75, 3.05) is 19.6 Å². The van der Waals surface area contributed by atoms with E-state index in [9.17, 15) is 4.79 Å². The molecule has 0 bridgehead atoms. The summed E-state index contributed by atoms with van der Waals surface area (Å²) in [4.78, 5) is 14.0. The van der Waals surface area contributed by atoms with Crippen molar-refractivity contribution in [1.29, 1.82) is 0 Å². The monoisotopic (exact) mass is 272 g/mol. The normalized spacial score (nSPS) is 10.2. The van der Waals surface area contributed by atoms with Crippen LogP contribution in [0.15, 0.2) is 12.7 Å². The quantitative estimate of drug-likeness (QED) is 0.361. The molecule has 0 N–H and O–H groups in total. The minimum absolute atomic E-state index is 0.00504. The van der Waals surface area contributed by atoms with Crippen LogP contribution in [0.4, 0.5) is 4.79 Å². The van der Waals surface area contributed by atoms with Crippen molar-refractivity contribution < 1.29 is 4.79 Å². The molecule has 0 heterocycles. The predicted molar refractivity (Wildman–Crippen MR) is 81.9 cm³/mol. The van der Waals surface area contributed by atoms with Crippen LogP contribution in [-0.4, -0.2) is 34.9 Å². The first-order valence-electron chi connectivity index (χ1n) is 7.03. The number of hydrogen-bond acceptors (Lipinski definition) is 2. The number of urea groups is 1. The minimum atomic E-state index is 0.00504. The Hall–Kier alpha value is -0.640.